The van der Waals surface area contributed by atoms with Crippen molar-refractivity contribution in [3.8, 4) is 5.75 Å². The Morgan fingerprint density at radius 2 is 1.85 bits per heavy atom. The predicted octanol–water partition coefficient (Wildman–Crippen LogP) is 3.22. The molecule has 0 aliphatic heterocycles. The van der Waals surface area contributed by atoms with Crippen LogP contribution < -0.4 is 15.4 Å². The fourth-order valence-electron chi connectivity index (χ4n) is 2.22. The standard InChI is InChI=1S/C18H20F2N2O3S/c19-18(20)25-14-7-5-13(6-8-14)9-11-21-16(23)4-1-10-22-17(24)15-3-2-12-26-15/h2-3,5-8,12,18H,1,4,9-11H2,(H,21,23)(H,22,24). The van der Waals surface area contributed by atoms with Gasteiger partial charge in [0, 0.05) is 19.5 Å². The quantitative estimate of drug-likeness (QED) is 0.620. The number of amides is 2. The maximum Gasteiger partial charge on any atom is 0.387 e. The van der Waals surface area contributed by atoms with E-state index < -0.39 is 6.61 Å². The van der Waals surface area contributed by atoms with Crippen LogP contribution in [0.1, 0.15) is 28.1 Å². The smallest absolute Gasteiger partial charge is 0.387 e. The molecule has 0 aliphatic rings. The lowest BCUT2D eigenvalue weighted by Gasteiger charge is -2.07. The monoisotopic (exact) mass is 382 g/mol. The van der Waals surface area contributed by atoms with Gasteiger partial charge < -0.3 is 15.4 Å². The number of hydrogen-bond acceptors (Lipinski definition) is 4. The molecule has 0 fully saturated rings. The predicted molar refractivity (Wildman–Crippen MR) is 95.7 cm³/mol. The molecule has 2 rings (SSSR count). The molecule has 0 aliphatic carbocycles. The third-order valence-corrected chi connectivity index (χ3v) is 4.36. The number of nitrogens with one attached hydrogen (secondary N) is 2. The van der Waals surface area contributed by atoms with Crippen LogP contribution in [0.25, 0.3) is 0 Å². The number of alkyl halides is 2. The molecule has 5 nitrogen and oxygen atoms in total. The van der Waals surface area contributed by atoms with Crippen LogP contribution in [0.3, 0.4) is 0 Å². The van der Waals surface area contributed by atoms with Crippen molar-refractivity contribution in [3.63, 3.8) is 0 Å². The minimum absolute atomic E-state index is 0.0898. The second kappa shape index (κ2) is 10.5. The lowest BCUT2D eigenvalue weighted by atomic mass is 10.1. The van der Waals surface area contributed by atoms with Gasteiger partial charge in [0.1, 0.15) is 5.75 Å². The van der Waals surface area contributed by atoms with Gasteiger partial charge in [-0.05, 0) is 42.0 Å². The second-order valence-corrected chi connectivity index (χ2v) is 6.41. The van der Waals surface area contributed by atoms with E-state index in [4.69, 9.17) is 0 Å². The van der Waals surface area contributed by atoms with Crippen LogP contribution in [-0.4, -0.2) is 31.5 Å². The Bertz CT molecular complexity index is 691. The Hall–Kier alpha value is -2.48. The Kier molecular flexibility index (Phi) is 8.01. The Morgan fingerprint density at radius 1 is 1.08 bits per heavy atom. The van der Waals surface area contributed by atoms with Crippen LogP contribution in [0.15, 0.2) is 41.8 Å². The van der Waals surface area contributed by atoms with Gasteiger partial charge >= 0.3 is 6.61 Å². The average molecular weight is 382 g/mol. The zero-order valence-electron chi connectivity index (χ0n) is 14.0. The van der Waals surface area contributed by atoms with Gasteiger partial charge in [0.2, 0.25) is 5.91 Å². The van der Waals surface area contributed by atoms with E-state index in [1.165, 1.54) is 23.5 Å². The molecule has 0 radical (unpaired) electrons. The van der Waals surface area contributed by atoms with Crippen molar-refractivity contribution in [1.29, 1.82) is 0 Å². The number of carbonyl (C=O) groups excluding carboxylic acids is 2. The van der Waals surface area contributed by atoms with E-state index in [0.717, 1.165) is 5.56 Å². The molecule has 140 valence electrons. The Balaban J connectivity index is 1.56. The zero-order chi connectivity index (χ0) is 18.8. The van der Waals surface area contributed by atoms with E-state index in [9.17, 15) is 18.4 Å². The second-order valence-electron chi connectivity index (χ2n) is 5.46. The highest BCUT2D eigenvalue weighted by Crippen LogP contribution is 2.15. The highest BCUT2D eigenvalue weighted by atomic mass is 32.1. The van der Waals surface area contributed by atoms with Crippen LogP contribution in [0.5, 0.6) is 5.75 Å². The molecule has 2 amide bonds. The van der Waals surface area contributed by atoms with E-state index in [-0.39, 0.29) is 17.6 Å². The molecule has 1 heterocycles. The SMILES string of the molecule is O=C(CCCNC(=O)c1cccs1)NCCc1ccc(OC(F)F)cc1. The molecule has 0 saturated heterocycles. The van der Waals surface area contributed by atoms with Gasteiger partial charge in [0.15, 0.2) is 0 Å². The number of hydrogen-bond donors (Lipinski definition) is 2. The van der Waals surface area contributed by atoms with E-state index in [2.05, 4.69) is 15.4 Å². The van der Waals surface area contributed by atoms with E-state index >= 15 is 0 Å². The minimum Gasteiger partial charge on any atom is -0.435 e. The van der Waals surface area contributed by atoms with Gasteiger partial charge in [0.25, 0.3) is 5.91 Å². The van der Waals surface area contributed by atoms with Crippen LogP contribution in [0.2, 0.25) is 0 Å². The summed E-state index contributed by atoms with van der Waals surface area (Å²) in [5.74, 6) is -0.106. The molecule has 0 saturated carbocycles. The molecular weight excluding hydrogens is 362 g/mol. The van der Waals surface area contributed by atoms with Crippen LogP contribution >= 0.6 is 11.3 Å². The lowest BCUT2D eigenvalue weighted by Crippen LogP contribution is -2.28. The largest absolute Gasteiger partial charge is 0.435 e. The molecule has 0 unspecified atom stereocenters. The summed E-state index contributed by atoms with van der Waals surface area (Å²) in [7, 11) is 0. The maximum atomic E-state index is 12.1. The van der Waals surface area contributed by atoms with Crippen molar-refractivity contribution in [3.05, 3.63) is 52.2 Å². The molecule has 0 bridgehead atoms. The lowest BCUT2D eigenvalue weighted by molar-refractivity contribution is -0.121. The topological polar surface area (TPSA) is 67.4 Å². The Morgan fingerprint density at radius 3 is 2.50 bits per heavy atom. The van der Waals surface area contributed by atoms with Gasteiger partial charge in [-0.25, -0.2) is 0 Å². The van der Waals surface area contributed by atoms with Crippen LogP contribution in [0.4, 0.5) is 8.78 Å². The molecule has 0 atom stereocenters. The van der Waals surface area contributed by atoms with Crippen molar-refractivity contribution in [2.45, 2.75) is 25.9 Å². The molecule has 1 aromatic carbocycles. The van der Waals surface area contributed by atoms with E-state index in [1.54, 1.807) is 18.2 Å². The third-order valence-electron chi connectivity index (χ3n) is 3.50. The van der Waals surface area contributed by atoms with Gasteiger partial charge in [0.05, 0.1) is 4.88 Å². The molecular formula is C18H20F2N2O3S. The summed E-state index contributed by atoms with van der Waals surface area (Å²) in [6.45, 7) is -1.94. The van der Waals surface area contributed by atoms with Crippen molar-refractivity contribution in [2.75, 3.05) is 13.1 Å². The van der Waals surface area contributed by atoms with Crippen LogP contribution in [-0.2, 0) is 11.2 Å². The molecule has 8 heteroatoms. The summed E-state index contributed by atoms with van der Waals surface area (Å²) in [4.78, 5) is 24.1. The molecule has 26 heavy (non-hydrogen) atoms. The van der Waals surface area contributed by atoms with Crippen molar-refractivity contribution < 1.29 is 23.1 Å². The number of thiophene rings is 1. The Labute approximate surface area is 154 Å². The van der Waals surface area contributed by atoms with E-state index in [1.807, 2.05) is 11.4 Å². The average Bonchev–Trinajstić information content (AvgIpc) is 3.14. The van der Waals surface area contributed by atoms with Crippen molar-refractivity contribution >= 4 is 23.2 Å². The summed E-state index contributed by atoms with van der Waals surface area (Å²) < 4.78 is 28.4. The van der Waals surface area contributed by atoms with E-state index in [0.29, 0.717) is 37.2 Å². The van der Waals surface area contributed by atoms with Gasteiger partial charge in [-0.2, -0.15) is 8.78 Å². The molecule has 2 N–H and O–H groups in total. The number of rotatable bonds is 10. The van der Waals surface area contributed by atoms with Crippen molar-refractivity contribution in [1.82, 2.24) is 10.6 Å². The third kappa shape index (κ3) is 7.18. The molecule has 2 aromatic rings. The summed E-state index contributed by atoms with van der Waals surface area (Å²) in [6, 6.07) is 9.87. The minimum atomic E-state index is -2.84. The fraction of sp³-hybridized carbons (Fsp3) is 0.333. The summed E-state index contributed by atoms with van der Waals surface area (Å²) in [6.07, 6.45) is 1.48. The fourth-order valence-corrected chi connectivity index (χ4v) is 2.86. The number of carbonyl (C=O) groups is 2. The molecule has 0 spiro atoms. The highest BCUT2D eigenvalue weighted by Gasteiger charge is 2.07. The zero-order valence-corrected chi connectivity index (χ0v) is 14.9. The number of ether oxygens (including phenoxy) is 1. The van der Waals surface area contributed by atoms with Gasteiger partial charge in [-0.1, -0.05) is 18.2 Å². The van der Waals surface area contributed by atoms with Crippen LogP contribution in [0, 0.1) is 0 Å². The first-order valence-corrected chi connectivity index (χ1v) is 9.04. The summed E-state index contributed by atoms with van der Waals surface area (Å²) in [5.41, 5.74) is 0.912. The van der Waals surface area contributed by atoms with Gasteiger partial charge in [-0.3, -0.25) is 9.59 Å². The summed E-state index contributed by atoms with van der Waals surface area (Å²) in [5, 5.41) is 7.40. The number of halogens is 2. The number of benzene rings is 1. The maximum absolute atomic E-state index is 12.1. The normalized spacial score (nSPS) is 10.6. The first-order valence-electron chi connectivity index (χ1n) is 8.17. The van der Waals surface area contributed by atoms with Crippen molar-refractivity contribution in [2.24, 2.45) is 0 Å². The highest BCUT2D eigenvalue weighted by molar-refractivity contribution is 7.12. The first-order chi connectivity index (χ1) is 12.5. The first kappa shape index (κ1) is 19.8. The summed E-state index contributed by atoms with van der Waals surface area (Å²) >= 11 is 1.37. The van der Waals surface area contributed by atoms with Gasteiger partial charge in [-0.15, -0.1) is 11.3 Å². The molecule has 1 aromatic heterocycles.